The van der Waals surface area contributed by atoms with Crippen molar-refractivity contribution >= 4 is 22.1 Å². The number of nitrogens with zero attached hydrogens (tertiary/aromatic N) is 2. The second-order valence-electron chi connectivity index (χ2n) is 4.77. The third kappa shape index (κ3) is 2.44. The molecule has 102 valence electrons. The molecule has 0 bridgehead atoms. The number of fused-ring (bicyclic) bond motifs is 1. The number of benzene rings is 1. The van der Waals surface area contributed by atoms with Gasteiger partial charge in [-0.05, 0) is 18.9 Å². The Labute approximate surface area is 122 Å². The zero-order chi connectivity index (χ0) is 13.9. The highest BCUT2D eigenvalue weighted by molar-refractivity contribution is 7.09. The van der Waals surface area contributed by atoms with Crippen molar-refractivity contribution in [2.24, 2.45) is 0 Å². The van der Waals surface area contributed by atoms with Crippen molar-refractivity contribution in [1.29, 1.82) is 0 Å². The molecule has 3 rings (SSSR count). The number of hydrogen-bond acceptors (Lipinski definition) is 4. The van der Waals surface area contributed by atoms with E-state index in [1.165, 1.54) is 16.3 Å². The molecule has 0 aliphatic heterocycles. The van der Waals surface area contributed by atoms with Crippen molar-refractivity contribution in [1.82, 2.24) is 15.3 Å². The summed E-state index contributed by atoms with van der Waals surface area (Å²) in [7, 11) is 0. The van der Waals surface area contributed by atoms with Crippen LogP contribution in [0.5, 0.6) is 0 Å². The Morgan fingerprint density at radius 1 is 1.25 bits per heavy atom. The van der Waals surface area contributed by atoms with Crippen molar-refractivity contribution in [2.75, 3.05) is 6.54 Å². The van der Waals surface area contributed by atoms with Gasteiger partial charge in [0.05, 0.1) is 6.04 Å². The number of aromatic nitrogens is 2. The second kappa shape index (κ2) is 5.69. The maximum absolute atomic E-state index is 4.64. The third-order valence-electron chi connectivity index (χ3n) is 3.30. The van der Waals surface area contributed by atoms with E-state index in [4.69, 9.17) is 0 Å². The molecular weight excluding hydrogens is 266 g/mol. The van der Waals surface area contributed by atoms with E-state index in [9.17, 15) is 0 Å². The highest BCUT2D eigenvalue weighted by Crippen LogP contribution is 2.29. The average molecular weight is 283 g/mol. The van der Waals surface area contributed by atoms with Gasteiger partial charge in [-0.15, -0.1) is 11.3 Å². The lowest BCUT2D eigenvalue weighted by Crippen LogP contribution is -2.22. The van der Waals surface area contributed by atoms with Gasteiger partial charge >= 0.3 is 0 Å². The Balaban J connectivity index is 2.14. The van der Waals surface area contributed by atoms with Crippen molar-refractivity contribution in [3.8, 4) is 0 Å². The summed E-state index contributed by atoms with van der Waals surface area (Å²) in [6.07, 6.45) is 3.86. The lowest BCUT2D eigenvalue weighted by molar-refractivity contribution is 0.628. The molecule has 20 heavy (non-hydrogen) atoms. The largest absolute Gasteiger partial charge is 0.304 e. The number of pyridine rings is 1. The van der Waals surface area contributed by atoms with E-state index in [1.54, 1.807) is 11.3 Å². The van der Waals surface area contributed by atoms with Crippen LogP contribution in [0.1, 0.15) is 29.2 Å². The summed E-state index contributed by atoms with van der Waals surface area (Å²) in [6.45, 7) is 5.04. The van der Waals surface area contributed by atoms with Crippen molar-refractivity contribution in [3.63, 3.8) is 0 Å². The molecule has 1 atom stereocenters. The highest BCUT2D eigenvalue weighted by Gasteiger charge is 2.18. The topological polar surface area (TPSA) is 37.8 Å². The molecule has 3 nitrogen and oxygen atoms in total. The molecule has 0 radical (unpaired) electrons. The van der Waals surface area contributed by atoms with Crippen LogP contribution in [0, 0.1) is 6.92 Å². The van der Waals surface area contributed by atoms with Crippen LogP contribution in [0.25, 0.3) is 10.8 Å². The molecule has 0 spiro atoms. The number of thiazole rings is 1. The van der Waals surface area contributed by atoms with Gasteiger partial charge in [0, 0.05) is 34.4 Å². The first-order valence-electron chi connectivity index (χ1n) is 6.77. The fraction of sp³-hybridized carbons (Fsp3) is 0.250. The maximum atomic E-state index is 4.64. The summed E-state index contributed by atoms with van der Waals surface area (Å²) >= 11 is 1.70. The first kappa shape index (κ1) is 13.2. The SMILES string of the molecule is CCNC(c1nc(C)cs1)c1cncc2ccccc12. The Kier molecular flexibility index (Phi) is 3.76. The summed E-state index contributed by atoms with van der Waals surface area (Å²) in [4.78, 5) is 9.03. The predicted octanol–water partition coefficient (Wildman–Crippen LogP) is 3.70. The monoisotopic (exact) mass is 283 g/mol. The molecule has 0 saturated heterocycles. The molecular formula is C16H17N3S. The molecule has 0 aliphatic carbocycles. The van der Waals surface area contributed by atoms with Crippen LogP contribution in [0.3, 0.4) is 0 Å². The van der Waals surface area contributed by atoms with Crippen molar-refractivity contribution < 1.29 is 0 Å². The van der Waals surface area contributed by atoms with E-state index in [-0.39, 0.29) is 6.04 Å². The van der Waals surface area contributed by atoms with Gasteiger partial charge in [-0.3, -0.25) is 4.98 Å². The zero-order valence-electron chi connectivity index (χ0n) is 11.6. The Bertz CT molecular complexity index is 715. The molecule has 1 unspecified atom stereocenters. The molecule has 2 heterocycles. The molecule has 0 fully saturated rings. The molecule has 0 saturated carbocycles. The molecule has 4 heteroatoms. The van der Waals surface area contributed by atoms with Crippen LogP contribution in [-0.4, -0.2) is 16.5 Å². The van der Waals surface area contributed by atoms with Gasteiger partial charge in [0.25, 0.3) is 0 Å². The lowest BCUT2D eigenvalue weighted by atomic mass is 10.0. The quantitative estimate of drug-likeness (QED) is 0.793. The molecule has 2 aromatic heterocycles. The minimum atomic E-state index is 0.109. The smallest absolute Gasteiger partial charge is 0.114 e. The molecule has 1 N–H and O–H groups in total. The van der Waals surface area contributed by atoms with Crippen LogP contribution in [0.4, 0.5) is 0 Å². The molecule has 1 aromatic carbocycles. The maximum Gasteiger partial charge on any atom is 0.114 e. The highest BCUT2D eigenvalue weighted by atomic mass is 32.1. The van der Waals surface area contributed by atoms with E-state index in [2.05, 4.69) is 45.8 Å². The van der Waals surface area contributed by atoms with Gasteiger partial charge in [0.15, 0.2) is 0 Å². The molecule has 3 aromatic rings. The van der Waals surface area contributed by atoms with Gasteiger partial charge in [-0.1, -0.05) is 31.2 Å². The van der Waals surface area contributed by atoms with Gasteiger partial charge in [-0.25, -0.2) is 4.98 Å². The van der Waals surface area contributed by atoms with E-state index >= 15 is 0 Å². The van der Waals surface area contributed by atoms with E-state index in [0.29, 0.717) is 0 Å². The number of rotatable bonds is 4. The van der Waals surface area contributed by atoms with E-state index in [0.717, 1.165) is 17.2 Å². The first-order chi connectivity index (χ1) is 9.79. The standard InChI is InChI=1S/C16H17N3S/c1-3-18-15(16-19-11(2)10-20-16)14-9-17-8-12-6-4-5-7-13(12)14/h4-10,15,18H,3H2,1-2H3. The van der Waals surface area contributed by atoms with E-state index < -0.39 is 0 Å². The summed E-state index contributed by atoms with van der Waals surface area (Å²) in [5, 5.41) is 9.13. The van der Waals surface area contributed by atoms with E-state index in [1.807, 2.05) is 25.4 Å². The zero-order valence-corrected chi connectivity index (χ0v) is 12.4. The Morgan fingerprint density at radius 3 is 2.85 bits per heavy atom. The van der Waals surface area contributed by atoms with Gasteiger partial charge in [0.2, 0.25) is 0 Å². The summed E-state index contributed by atoms with van der Waals surface area (Å²) < 4.78 is 0. The minimum Gasteiger partial charge on any atom is -0.304 e. The lowest BCUT2D eigenvalue weighted by Gasteiger charge is -2.17. The first-order valence-corrected chi connectivity index (χ1v) is 7.65. The Hall–Kier alpha value is -1.78. The summed E-state index contributed by atoms with van der Waals surface area (Å²) in [5.41, 5.74) is 2.26. The fourth-order valence-electron chi connectivity index (χ4n) is 2.41. The van der Waals surface area contributed by atoms with Crippen LogP contribution in [0.2, 0.25) is 0 Å². The minimum absolute atomic E-state index is 0.109. The Morgan fingerprint density at radius 2 is 2.10 bits per heavy atom. The van der Waals surface area contributed by atoms with Gasteiger partial charge in [0.1, 0.15) is 5.01 Å². The van der Waals surface area contributed by atoms with Crippen molar-refractivity contribution in [2.45, 2.75) is 19.9 Å². The number of nitrogens with one attached hydrogen (secondary N) is 1. The number of aryl methyl sites for hydroxylation is 1. The van der Waals surface area contributed by atoms with Crippen LogP contribution in [0.15, 0.2) is 42.0 Å². The summed E-state index contributed by atoms with van der Waals surface area (Å²) in [5.74, 6) is 0. The predicted molar refractivity (Wildman–Crippen MR) is 84.1 cm³/mol. The summed E-state index contributed by atoms with van der Waals surface area (Å²) in [6, 6.07) is 8.47. The van der Waals surface area contributed by atoms with Crippen LogP contribution < -0.4 is 5.32 Å². The molecule has 0 amide bonds. The van der Waals surface area contributed by atoms with Crippen LogP contribution in [-0.2, 0) is 0 Å². The normalized spacial score (nSPS) is 12.7. The fourth-order valence-corrected chi connectivity index (χ4v) is 3.30. The number of hydrogen-bond donors (Lipinski definition) is 1. The van der Waals surface area contributed by atoms with Gasteiger partial charge < -0.3 is 5.32 Å². The third-order valence-corrected chi connectivity index (χ3v) is 4.33. The van der Waals surface area contributed by atoms with Gasteiger partial charge in [-0.2, -0.15) is 0 Å². The second-order valence-corrected chi connectivity index (χ2v) is 5.66. The average Bonchev–Trinajstić information content (AvgIpc) is 2.91. The van der Waals surface area contributed by atoms with Crippen molar-refractivity contribution in [3.05, 3.63) is 58.3 Å². The van der Waals surface area contributed by atoms with Crippen LogP contribution >= 0.6 is 11.3 Å². The molecule has 0 aliphatic rings.